The maximum absolute atomic E-state index is 10.6. The Morgan fingerprint density at radius 3 is 2.67 bits per heavy atom. The molecule has 0 fully saturated rings. The van der Waals surface area contributed by atoms with Gasteiger partial charge in [0.05, 0.1) is 24.5 Å². The molecule has 0 bridgehead atoms. The van der Waals surface area contributed by atoms with E-state index in [9.17, 15) is 5.11 Å². The lowest BCUT2D eigenvalue weighted by Crippen LogP contribution is -2.34. The molecule has 3 aromatic rings. The lowest BCUT2D eigenvalue weighted by atomic mass is 10.1. The van der Waals surface area contributed by atoms with E-state index in [0.717, 1.165) is 29.1 Å². The minimum atomic E-state index is -0.435. The largest absolute Gasteiger partial charge is 0.387 e. The highest BCUT2D eigenvalue weighted by Gasteiger charge is 2.33. The van der Waals surface area contributed by atoms with Crippen molar-refractivity contribution in [3.8, 4) is 11.3 Å². The van der Waals surface area contributed by atoms with Crippen LogP contribution in [0.3, 0.4) is 0 Å². The minimum Gasteiger partial charge on any atom is -0.387 e. The van der Waals surface area contributed by atoms with E-state index in [-0.39, 0.29) is 6.04 Å². The third-order valence-corrected chi connectivity index (χ3v) is 4.85. The number of rotatable bonds is 4. The van der Waals surface area contributed by atoms with Crippen LogP contribution in [0.2, 0.25) is 0 Å². The van der Waals surface area contributed by atoms with Gasteiger partial charge in [-0.2, -0.15) is 0 Å². The summed E-state index contributed by atoms with van der Waals surface area (Å²) in [4.78, 5) is 10.1. The topological polar surface area (TPSA) is 52.2 Å². The summed E-state index contributed by atoms with van der Waals surface area (Å²) in [5.74, 6) is 0.916. The number of aromatic nitrogens is 2. The van der Waals surface area contributed by atoms with Crippen LogP contribution in [0.25, 0.3) is 11.3 Å². The second-order valence-electron chi connectivity index (χ2n) is 6.44. The Morgan fingerprint density at radius 1 is 1.12 bits per heavy atom. The molecule has 2 atom stereocenters. The first-order chi connectivity index (χ1) is 11.7. The Hall–Kier alpha value is -2.43. The summed E-state index contributed by atoms with van der Waals surface area (Å²) in [6.45, 7) is 0.683. The van der Waals surface area contributed by atoms with E-state index in [4.69, 9.17) is 0 Å². The van der Waals surface area contributed by atoms with Crippen molar-refractivity contribution in [1.82, 2.24) is 14.9 Å². The van der Waals surface area contributed by atoms with Crippen molar-refractivity contribution in [2.24, 2.45) is 0 Å². The average Bonchev–Trinajstić information content (AvgIpc) is 3.21. The van der Waals surface area contributed by atoms with Gasteiger partial charge in [-0.15, -0.1) is 0 Å². The Kier molecular flexibility index (Phi) is 3.92. The zero-order valence-corrected chi connectivity index (χ0v) is 13.7. The van der Waals surface area contributed by atoms with Gasteiger partial charge in [-0.25, -0.2) is 4.98 Å². The number of aromatic amines is 1. The molecule has 0 amide bonds. The van der Waals surface area contributed by atoms with Crippen LogP contribution in [0.5, 0.6) is 0 Å². The highest BCUT2D eigenvalue weighted by molar-refractivity contribution is 5.57. The fourth-order valence-electron chi connectivity index (χ4n) is 3.51. The standard InChI is InChI=1S/C20H21N3O/c1-23(18-11-15-9-5-6-10-16(15)20(18)24)13-19-21-12-17(22-19)14-7-3-2-4-8-14/h2-10,12,18,20,24H,11,13H2,1H3,(H,21,22). The molecule has 122 valence electrons. The Morgan fingerprint density at radius 2 is 1.88 bits per heavy atom. The number of aliphatic hydroxyl groups is 1. The molecule has 24 heavy (non-hydrogen) atoms. The zero-order valence-electron chi connectivity index (χ0n) is 13.7. The van der Waals surface area contributed by atoms with Crippen LogP contribution in [-0.4, -0.2) is 33.1 Å². The van der Waals surface area contributed by atoms with Gasteiger partial charge >= 0.3 is 0 Å². The van der Waals surface area contributed by atoms with Crippen molar-refractivity contribution >= 4 is 0 Å². The molecule has 2 unspecified atom stereocenters. The molecule has 1 aliphatic rings. The summed E-state index contributed by atoms with van der Waals surface area (Å²) in [5, 5.41) is 10.6. The molecule has 4 heteroatoms. The fourth-order valence-corrected chi connectivity index (χ4v) is 3.51. The summed E-state index contributed by atoms with van der Waals surface area (Å²) >= 11 is 0. The predicted octanol–water partition coefficient (Wildman–Crippen LogP) is 3.17. The SMILES string of the molecule is CN(Cc1ncc(-c2ccccc2)[nH]1)C1Cc2ccccc2C1O. The van der Waals surface area contributed by atoms with E-state index in [1.54, 1.807) is 0 Å². The number of fused-ring (bicyclic) bond motifs is 1. The molecule has 0 saturated heterocycles. The number of benzene rings is 2. The van der Waals surface area contributed by atoms with Crippen LogP contribution in [0, 0.1) is 0 Å². The van der Waals surface area contributed by atoms with Crippen LogP contribution in [0.15, 0.2) is 60.8 Å². The van der Waals surface area contributed by atoms with Crippen LogP contribution >= 0.6 is 0 Å². The molecule has 2 aromatic carbocycles. The Labute approximate surface area is 141 Å². The van der Waals surface area contributed by atoms with Gasteiger partial charge in [0.2, 0.25) is 0 Å². The molecule has 1 aliphatic carbocycles. The van der Waals surface area contributed by atoms with E-state index in [1.807, 2.05) is 49.6 Å². The molecule has 0 saturated carbocycles. The summed E-state index contributed by atoms with van der Waals surface area (Å²) in [7, 11) is 2.05. The molecule has 2 N–H and O–H groups in total. The van der Waals surface area contributed by atoms with E-state index in [2.05, 4.69) is 33.1 Å². The predicted molar refractivity (Wildman–Crippen MR) is 94.4 cm³/mol. The number of aliphatic hydroxyl groups excluding tert-OH is 1. The fraction of sp³-hybridized carbons (Fsp3) is 0.250. The molecular formula is C20H21N3O. The average molecular weight is 319 g/mol. The van der Waals surface area contributed by atoms with Gasteiger partial charge in [-0.05, 0) is 30.2 Å². The van der Waals surface area contributed by atoms with Crippen LogP contribution in [0.4, 0.5) is 0 Å². The van der Waals surface area contributed by atoms with E-state index >= 15 is 0 Å². The van der Waals surface area contributed by atoms with Crippen molar-refractivity contribution in [3.05, 3.63) is 77.7 Å². The highest BCUT2D eigenvalue weighted by atomic mass is 16.3. The first-order valence-corrected chi connectivity index (χ1v) is 8.28. The maximum atomic E-state index is 10.6. The molecule has 1 aromatic heterocycles. The molecule has 0 spiro atoms. The zero-order chi connectivity index (χ0) is 16.5. The Bertz CT molecular complexity index is 828. The highest BCUT2D eigenvalue weighted by Crippen LogP contribution is 2.34. The first-order valence-electron chi connectivity index (χ1n) is 8.28. The molecule has 4 rings (SSSR count). The van der Waals surface area contributed by atoms with Gasteiger partial charge in [0.25, 0.3) is 0 Å². The number of hydrogen-bond donors (Lipinski definition) is 2. The van der Waals surface area contributed by atoms with E-state index in [1.165, 1.54) is 5.56 Å². The van der Waals surface area contributed by atoms with E-state index in [0.29, 0.717) is 6.54 Å². The minimum absolute atomic E-state index is 0.0904. The van der Waals surface area contributed by atoms with Gasteiger partial charge in [0, 0.05) is 6.04 Å². The molecule has 0 radical (unpaired) electrons. The summed E-state index contributed by atoms with van der Waals surface area (Å²) in [5.41, 5.74) is 4.45. The second kappa shape index (κ2) is 6.23. The monoisotopic (exact) mass is 319 g/mol. The number of nitrogens with zero attached hydrogens (tertiary/aromatic N) is 2. The maximum Gasteiger partial charge on any atom is 0.120 e. The van der Waals surface area contributed by atoms with Gasteiger partial charge < -0.3 is 10.1 Å². The van der Waals surface area contributed by atoms with Gasteiger partial charge in [-0.3, -0.25) is 4.90 Å². The first kappa shape index (κ1) is 15.1. The van der Waals surface area contributed by atoms with Crippen LogP contribution in [0.1, 0.15) is 23.1 Å². The normalized spacial score (nSPS) is 19.6. The van der Waals surface area contributed by atoms with Crippen molar-refractivity contribution in [1.29, 1.82) is 0 Å². The Balaban J connectivity index is 1.48. The molecule has 0 aliphatic heterocycles. The van der Waals surface area contributed by atoms with Crippen molar-refractivity contribution in [2.45, 2.75) is 25.1 Å². The molecular weight excluding hydrogens is 298 g/mol. The van der Waals surface area contributed by atoms with Crippen molar-refractivity contribution in [3.63, 3.8) is 0 Å². The van der Waals surface area contributed by atoms with Gasteiger partial charge in [-0.1, -0.05) is 54.6 Å². The second-order valence-corrected chi connectivity index (χ2v) is 6.44. The summed E-state index contributed by atoms with van der Waals surface area (Å²) in [6.07, 6.45) is 2.31. The smallest absolute Gasteiger partial charge is 0.120 e. The quantitative estimate of drug-likeness (QED) is 0.776. The summed E-state index contributed by atoms with van der Waals surface area (Å²) < 4.78 is 0. The van der Waals surface area contributed by atoms with Crippen molar-refractivity contribution in [2.75, 3.05) is 7.05 Å². The molecule has 4 nitrogen and oxygen atoms in total. The van der Waals surface area contributed by atoms with Crippen LogP contribution < -0.4 is 0 Å². The summed E-state index contributed by atoms with van der Waals surface area (Å²) in [6, 6.07) is 18.4. The lowest BCUT2D eigenvalue weighted by molar-refractivity contribution is 0.0709. The number of nitrogens with one attached hydrogen (secondary N) is 1. The van der Waals surface area contributed by atoms with Gasteiger partial charge in [0.15, 0.2) is 0 Å². The van der Waals surface area contributed by atoms with Crippen molar-refractivity contribution < 1.29 is 5.11 Å². The number of hydrogen-bond acceptors (Lipinski definition) is 3. The van der Waals surface area contributed by atoms with E-state index < -0.39 is 6.10 Å². The third-order valence-electron chi connectivity index (χ3n) is 4.85. The number of H-pyrrole nitrogens is 1. The third kappa shape index (κ3) is 2.75. The van der Waals surface area contributed by atoms with Crippen LogP contribution in [-0.2, 0) is 13.0 Å². The van der Waals surface area contributed by atoms with Gasteiger partial charge in [0.1, 0.15) is 5.82 Å². The number of imidazole rings is 1. The lowest BCUT2D eigenvalue weighted by Gasteiger charge is -2.26. The number of likely N-dealkylation sites (N-methyl/N-ethyl adjacent to an activating group) is 1. The molecule has 1 heterocycles.